The first-order valence-corrected chi connectivity index (χ1v) is 10.7. The summed E-state index contributed by atoms with van der Waals surface area (Å²) in [5.41, 5.74) is 1.86. The van der Waals surface area contributed by atoms with Gasteiger partial charge in [0.15, 0.2) is 10.8 Å². The van der Waals surface area contributed by atoms with Crippen LogP contribution < -0.4 is 10.9 Å². The van der Waals surface area contributed by atoms with Gasteiger partial charge in [-0.1, -0.05) is 41.6 Å². The van der Waals surface area contributed by atoms with Crippen molar-refractivity contribution < 1.29 is 4.79 Å². The van der Waals surface area contributed by atoms with Crippen molar-refractivity contribution in [2.75, 3.05) is 11.1 Å². The zero-order valence-corrected chi connectivity index (χ0v) is 17.2. The summed E-state index contributed by atoms with van der Waals surface area (Å²) in [5.74, 6) is 0.449. The molecule has 1 unspecified atom stereocenters. The normalized spacial score (nSPS) is 15.3. The van der Waals surface area contributed by atoms with E-state index in [4.69, 9.17) is 11.6 Å². The molecule has 2 aromatic heterocycles. The molecule has 4 aromatic rings. The summed E-state index contributed by atoms with van der Waals surface area (Å²) in [4.78, 5) is 30.4. The molecule has 1 amide bonds. The van der Waals surface area contributed by atoms with Gasteiger partial charge >= 0.3 is 0 Å². The summed E-state index contributed by atoms with van der Waals surface area (Å²) in [7, 11) is 0. The van der Waals surface area contributed by atoms with Gasteiger partial charge in [-0.2, -0.15) is 5.10 Å². The van der Waals surface area contributed by atoms with Crippen molar-refractivity contribution >= 4 is 46.0 Å². The van der Waals surface area contributed by atoms with Crippen LogP contribution in [0, 0.1) is 0 Å². The van der Waals surface area contributed by atoms with E-state index >= 15 is 0 Å². The third-order valence-electron chi connectivity index (χ3n) is 4.92. The average Bonchev–Trinajstić information content (AvgIpc) is 3.35. The van der Waals surface area contributed by atoms with Crippen LogP contribution in [-0.2, 0) is 4.79 Å². The lowest BCUT2D eigenvalue weighted by Crippen LogP contribution is -2.27. The molecule has 5 rings (SSSR count). The monoisotopic (exact) mass is 437 g/mol. The molecule has 1 N–H and O–H groups in total. The fourth-order valence-corrected chi connectivity index (χ4v) is 4.75. The van der Waals surface area contributed by atoms with Gasteiger partial charge in [-0.15, -0.1) is 0 Å². The molecule has 3 heterocycles. The smallest absolute Gasteiger partial charge is 0.265 e. The Balaban J connectivity index is 1.44. The number of hydrogen-bond donors (Lipinski definition) is 1. The number of nitrogens with one attached hydrogen (secondary N) is 1. The Morgan fingerprint density at radius 3 is 2.70 bits per heavy atom. The fourth-order valence-electron chi connectivity index (χ4n) is 3.50. The minimum absolute atomic E-state index is 0.164. The molecule has 0 aliphatic carbocycles. The second-order valence-corrected chi connectivity index (χ2v) is 8.35. The number of nitrogens with zero attached hydrogens (tertiary/aromatic N) is 4. The number of aromatic nitrogens is 4. The molecule has 0 fully saturated rings. The number of thioether (sulfide) groups is 1. The maximum absolute atomic E-state index is 13.2. The maximum Gasteiger partial charge on any atom is 0.265 e. The van der Waals surface area contributed by atoms with Crippen molar-refractivity contribution in [3.8, 4) is 5.69 Å². The van der Waals surface area contributed by atoms with Crippen molar-refractivity contribution in [3.05, 3.63) is 76.2 Å². The second-order valence-electron chi connectivity index (χ2n) is 6.92. The third kappa shape index (κ3) is 3.38. The molecule has 0 saturated carbocycles. The fraction of sp³-hybridized carbons (Fsp3) is 0.143. The van der Waals surface area contributed by atoms with Crippen LogP contribution in [0.15, 0.2) is 70.7 Å². The molecular weight excluding hydrogens is 422 g/mol. The Morgan fingerprint density at radius 2 is 1.93 bits per heavy atom. The molecule has 1 aliphatic rings. The van der Waals surface area contributed by atoms with Gasteiger partial charge < -0.3 is 5.32 Å². The van der Waals surface area contributed by atoms with E-state index in [1.807, 2.05) is 30.3 Å². The molecule has 7 nitrogen and oxygen atoms in total. The maximum atomic E-state index is 13.2. The van der Waals surface area contributed by atoms with Crippen molar-refractivity contribution in [1.82, 2.24) is 19.3 Å². The lowest BCUT2D eigenvalue weighted by molar-refractivity contribution is -0.116. The summed E-state index contributed by atoms with van der Waals surface area (Å²) >= 11 is 7.36. The van der Waals surface area contributed by atoms with E-state index in [-0.39, 0.29) is 23.9 Å². The minimum atomic E-state index is -0.262. The molecule has 30 heavy (non-hydrogen) atoms. The van der Waals surface area contributed by atoms with Crippen LogP contribution in [0.1, 0.15) is 12.5 Å². The van der Waals surface area contributed by atoms with Crippen LogP contribution in [0.5, 0.6) is 0 Å². The number of amides is 1. The van der Waals surface area contributed by atoms with E-state index in [0.29, 0.717) is 32.7 Å². The molecule has 150 valence electrons. The minimum Gasteiger partial charge on any atom is -0.326 e. The van der Waals surface area contributed by atoms with Gasteiger partial charge in [0.05, 0.1) is 17.9 Å². The van der Waals surface area contributed by atoms with Crippen LogP contribution in [0.4, 0.5) is 5.69 Å². The van der Waals surface area contributed by atoms with Crippen LogP contribution in [0.3, 0.4) is 0 Å². The van der Waals surface area contributed by atoms with Crippen molar-refractivity contribution in [1.29, 1.82) is 0 Å². The van der Waals surface area contributed by atoms with Crippen LogP contribution in [0.25, 0.3) is 16.7 Å². The number of hydrogen-bond acceptors (Lipinski definition) is 5. The van der Waals surface area contributed by atoms with Gasteiger partial charge in [-0.05, 0) is 36.4 Å². The predicted octanol–water partition coefficient (Wildman–Crippen LogP) is 3.91. The highest BCUT2D eigenvalue weighted by atomic mass is 35.5. The number of carbonyl (C=O) groups excluding carboxylic acids is 1. The molecule has 0 radical (unpaired) electrons. The highest BCUT2D eigenvalue weighted by molar-refractivity contribution is 7.99. The van der Waals surface area contributed by atoms with Gasteiger partial charge in [0, 0.05) is 22.9 Å². The molecule has 0 bridgehead atoms. The van der Waals surface area contributed by atoms with E-state index in [9.17, 15) is 9.59 Å². The number of benzene rings is 2. The standard InChI is InChI=1S/C21H16ClN5O2S/c22-13-6-8-14(9-7-13)24-18(28)10-16-12-30-21-25-19-17(20(29)26(16)21)11-23-27(19)15-4-2-1-3-5-15/h1-9,11,16H,10,12H2,(H,24,28). The summed E-state index contributed by atoms with van der Waals surface area (Å²) in [6, 6.07) is 16.2. The first kappa shape index (κ1) is 18.9. The Kier molecular flexibility index (Phi) is 4.80. The lowest BCUT2D eigenvalue weighted by Gasteiger charge is -2.13. The summed E-state index contributed by atoms with van der Waals surface area (Å²) in [6.07, 6.45) is 1.72. The average molecular weight is 438 g/mol. The molecule has 9 heteroatoms. The molecule has 1 atom stereocenters. The zero-order chi connectivity index (χ0) is 20.7. The number of para-hydroxylation sites is 1. The van der Waals surface area contributed by atoms with Crippen LogP contribution in [0.2, 0.25) is 5.02 Å². The number of halogens is 1. The number of fused-ring (bicyclic) bond motifs is 2. The molecule has 1 aliphatic heterocycles. The third-order valence-corrected chi connectivity index (χ3v) is 6.27. The van der Waals surface area contributed by atoms with E-state index in [0.717, 1.165) is 5.69 Å². The van der Waals surface area contributed by atoms with E-state index in [1.54, 1.807) is 39.7 Å². The highest BCUT2D eigenvalue weighted by Gasteiger charge is 2.29. The van der Waals surface area contributed by atoms with E-state index in [1.165, 1.54) is 11.8 Å². The summed E-state index contributed by atoms with van der Waals surface area (Å²) in [6.45, 7) is 0. The van der Waals surface area contributed by atoms with Crippen molar-refractivity contribution in [2.24, 2.45) is 0 Å². The van der Waals surface area contributed by atoms with Gasteiger partial charge in [0.2, 0.25) is 5.91 Å². The van der Waals surface area contributed by atoms with Crippen LogP contribution in [-0.4, -0.2) is 31.0 Å². The van der Waals surface area contributed by atoms with Crippen molar-refractivity contribution in [3.63, 3.8) is 0 Å². The molecular formula is C21H16ClN5O2S. The molecule has 0 spiro atoms. The van der Waals surface area contributed by atoms with E-state index in [2.05, 4.69) is 15.4 Å². The Morgan fingerprint density at radius 1 is 1.17 bits per heavy atom. The Bertz CT molecular complexity index is 1300. The van der Waals surface area contributed by atoms with Crippen LogP contribution >= 0.6 is 23.4 Å². The summed E-state index contributed by atoms with van der Waals surface area (Å²) in [5, 5.41) is 8.86. The lowest BCUT2D eigenvalue weighted by atomic mass is 10.2. The number of rotatable bonds is 4. The first-order chi connectivity index (χ1) is 14.6. The predicted molar refractivity (Wildman–Crippen MR) is 118 cm³/mol. The second kappa shape index (κ2) is 7.62. The van der Waals surface area contributed by atoms with Gasteiger partial charge in [-0.3, -0.25) is 14.2 Å². The largest absolute Gasteiger partial charge is 0.326 e. The topological polar surface area (TPSA) is 81.8 Å². The zero-order valence-electron chi connectivity index (χ0n) is 15.7. The first-order valence-electron chi connectivity index (χ1n) is 9.34. The number of anilines is 1. The van der Waals surface area contributed by atoms with E-state index < -0.39 is 0 Å². The highest BCUT2D eigenvalue weighted by Crippen LogP contribution is 2.33. The molecule has 2 aromatic carbocycles. The van der Waals surface area contributed by atoms with Gasteiger partial charge in [0.25, 0.3) is 5.56 Å². The summed E-state index contributed by atoms with van der Waals surface area (Å²) < 4.78 is 3.28. The number of carbonyl (C=O) groups is 1. The van der Waals surface area contributed by atoms with Gasteiger partial charge in [0.1, 0.15) is 5.39 Å². The Labute approximate surface area is 180 Å². The molecule has 0 saturated heterocycles. The van der Waals surface area contributed by atoms with Crippen molar-refractivity contribution in [2.45, 2.75) is 17.6 Å². The quantitative estimate of drug-likeness (QED) is 0.489. The SMILES string of the molecule is O=C(CC1CSc2nc3c(cnn3-c3ccccc3)c(=O)n21)Nc1ccc(Cl)cc1. The van der Waals surface area contributed by atoms with Gasteiger partial charge in [-0.25, -0.2) is 9.67 Å². The Hall–Kier alpha value is -3.10.